The van der Waals surface area contributed by atoms with Crippen molar-refractivity contribution in [3.8, 4) is 5.75 Å². The van der Waals surface area contributed by atoms with Crippen LogP contribution in [0.4, 0.5) is 0 Å². The van der Waals surface area contributed by atoms with Crippen LogP contribution in [0.25, 0.3) is 0 Å². The quantitative estimate of drug-likeness (QED) is 0.613. The minimum Gasteiger partial charge on any atom is -0.491 e. The maximum absolute atomic E-state index is 11.9. The van der Waals surface area contributed by atoms with E-state index < -0.39 is 6.10 Å². The summed E-state index contributed by atoms with van der Waals surface area (Å²) in [6.45, 7) is 2.37. The summed E-state index contributed by atoms with van der Waals surface area (Å²) < 4.78 is 5.48. The first kappa shape index (κ1) is 18.0. The van der Waals surface area contributed by atoms with E-state index in [1.54, 1.807) is 0 Å². The van der Waals surface area contributed by atoms with Crippen LogP contribution in [0.2, 0.25) is 0 Å². The van der Waals surface area contributed by atoms with Gasteiger partial charge in [-0.2, -0.15) is 0 Å². The van der Waals surface area contributed by atoms with Gasteiger partial charge in [-0.05, 0) is 24.6 Å². The minimum absolute atomic E-state index is 0.0591. The predicted octanol–water partition coefficient (Wildman–Crippen LogP) is 1.72. The molecule has 0 radical (unpaired) electrons. The number of nitrogens with one attached hydrogen (secondary N) is 2. The molecule has 0 fully saturated rings. The third-order valence-electron chi connectivity index (χ3n) is 3.43. The Bertz CT molecular complexity index is 605. The Morgan fingerprint density at radius 1 is 1.08 bits per heavy atom. The molecule has 2 aromatic carbocycles. The van der Waals surface area contributed by atoms with Crippen LogP contribution in [-0.4, -0.2) is 36.4 Å². The van der Waals surface area contributed by atoms with E-state index in [0.717, 1.165) is 11.3 Å². The van der Waals surface area contributed by atoms with E-state index in [9.17, 15) is 9.90 Å². The zero-order chi connectivity index (χ0) is 17.2. The van der Waals surface area contributed by atoms with Crippen LogP contribution in [-0.2, 0) is 11.2 Å². The van der Waals surface area contributed by atoms with Crippen LogP contribution in [0.15, 0.2) is 60.7 Å². The average molecular weight is 328 g/mol. The van der Waals surface area contributed by atoms with Gasteiger partial charge in [-0.15, -0.1) is 0 Å². The maximum Gasteiger partial charge on any atom is 0.225 e. The Hall–Kier alpha value is -2.37. The van der Waals surface area contributed by atoms with Crippen LogP contribution in [0.5, 0.6) is 5.75 Å². The summed E-state index contributed by atoms with van der Waals surface area (Å²) in [7, 11) is 0. The Labute approximate surface area is 142 Å². The summed E-state index contributed by atoms with van der Waals surface area (Å²) >= 11 is 0. The Morgan fingerprint density at radius 2 is 1.71 bits per heavy atom. The van der Waals surface area contributed by atoms with Crippen LogP contribution < -0.4 is 15.4 Å². The molecule has 3 N–H and O–H groups in total. The van der Waals surface area contributed by atoms with Gasteiger partial charge in [0.1, 0.15) is 18.5 Å². The second-order valence-electron chi connectivity index (χ2n) is 5.64. The molecular formula is C19H24N2O3. The van der Waals surface area contributed by atoms with Gasteiger partial charge in [0.2, 0.25) is 5.91 Å². The lowest BCUT2D eigenvalue weighted by Gasteiger charge is -2.19. The van der Waals surface area contributed by atoms with E-state index >= 15 is 0 Å². The summed E-state index contributed by atoms with van der Waals surface area (Å²) in [4.78, 5) is 11.9. The van der Waals surface area contributed by atoms with Crippen molar-refractivity contribution in [3.05, 3.63) is 66.2 Å². The van der Waals surface area contributed by atoms with Crippen molar-refractivity contribution >= 4 is 5.91 Å². The molecule has 0 saturated heterocycles. The molecule has 0 aliphatic carbocycles. The van der Waals surface area contributed by atoms with Gasteiger partial charge in [-0.25, -0.2) is 0 Å². The number of carbonyl (C=O) groups excluding carboxylic acids is 1. The number of benzene rings is 2. The molecule has 0 saturated carbocycles. The molecule has 2 unspecified atom stereocenters. The molecule has 0 aliphatic rings. The van der Waals surface area contributed by atoms with Crippen LogP contribution >= 0.6 is 0 Å². The van der Waals surface area contributed by atoms with E-state index in [2.05, 4.69) is 10.6 Å². The van der Waals surface area contributed by atoms with E-state index in [0.29, 0.717) is 13.0 Å². The molecule has 0 spiro atoms. The number of hydrogen-bond acceptors (Lipinski definition) is 4. The first-order valence-electron chi connectivity index (χ1n) is 8.06. The first-order valence-corrected chi connectivity index (χ1v) is 8.06. The van der Waals surface area contributed by atoms with Gasteiger partial charge in [0.05, 0.1) is 12.6 Å². The normalized spacial score (nSPS) is 13.1. The summed E-state index contributed by atoms with van der Waals surface area (Å²) in [5.74, 6) is 0.664. The van der Waals surface area contributed by atoms with E-state index in [-0.39, 0.29) is 18.7 Å². The summed E-state index contributed by atoms with van der Waals surface area (Å²) in [5.41, 5.74) is 0.971. The summed E-state index contributed by atoms with van der Waals surface area (Å²) in [5, 5.41) is 15.9. The van der Waals surface area contributed by atoms with Crippen molar-refractivity contribution in [2.75, 3.05) is 13.2 Å². The number of aliphatic hydroxyl groups excluding tert-OH is 1. The van der Waals surface area contributed by atoms with Gasteiger partial charge in [0.15, 0.2) is 0 Å². The maximum atomic E-state index is 11.9. The molecule has 0 bridgehead atoms. The molecule has 24 heavy (non-hydrogen) atoms. The molecule has 2 aromatic rings. The molecule has 5 nitrogen and oxygen atoms in total. The molecule has 0 aliphatic heterocycles. The number of hydrogen-bond donors (Lipinski definition) is 3. The zero-order valence-corrected chi connectivity index (χ0v) is 13.8. The van der Waals surface area contributed by atoms with Gasteiger partial charge in [-0.1, -0.05) is 48.5 Å². The lowest BCUT2D eigenvalue weighted by Crippen LogP contribution is -2.47. The molecule has 128 valence electrons. The molecule has 0 aromatic heterocycles. The van der Waals surface area contributed by atoms with E-state index in [1.165, 1.54) is 0 Å². The second-order valence-corrected chi connectivity index (χ2v) is 5.64. The van der Waals surface area contributed by atoms with Crippen molar-refractivity contribution in [1.29, 1.82) is 0 Å². The standard InChI is InChI=1S/C19H24N2O3/c1-15(21-19(23)12-16-8-4-2-5-9-16)20-13-17(22)14-24-18-10-6-3-7-11-18/h2-11,15,17,20,22H,12-14H2,1H3,(H,21,23). The fraction of sp³-hybridized carbons (Fsp3) is 0.316. The number of aliphatic hydroxyl groups is 1. The average Bonchev–Trinajstić information content (AvgIpc) is 2.60. The largest absolute Gasteiger partial charge is 0.491 e. The predicted molar refractivity (Wildman–Crippen MR) is 93.7 cm³/mol. The van der Waals surface area contributed by atoms with Gasteiger partial charge in [0, 0.05) is 6.54 Å². The molecule has 5 heteroatoms. The van der Waals surface area contributed by atoms with Gasteiger partial charge in [0.25, 0.3) is 0 Å². The fourth-order valence-electron chi connectivity index (χ4n) is 2.21. The van der Waals surface area contributed by atoms with Crippen molar-refractivity contribution < 1.29 is 14.6 Å². The Morgan fingerprint density at radius 3 is 2.38 bits per heavy atom. The topological polar surface area (TPSA) is 70.6 Å². The van der Waals surface area contributed by atoms with Gasteiger partial charge >= 0.3 is 0 Å². The number of rotatable bonds is 9. The first-order chi connectivity index (χ1) is 11.6. The summed E-state index contributed by atoms with van der Waals surface area (Å²) in [6.07, 6.45) is -0.543. The molecule has 0 heterocycles. The van der Waals surface area contributed by atoms with Crippen LogP contribution in [0.1, 0.15) is 12.5 Å². The number of ether oxygens (including phenoxy) is 1. The molecule has 2 rings (SSSR count). The van der Waals surface area contributed by atoms with E-state index in [1.807, 2.05) is 67.6 Å². The lowest BCUT2D eigenvalue weighted by atomic mass is 10.1. The number of carbonyl (C=O) groups is 1. The smallest absolute Gasteiger partial charge is 0.225 e. The Balaban J connectivity index is 1.63. The highest BCUT2D eigenvalue weighted by molar-refractivity contribution is 5.78. The van der Waals surface area contributed by atoms with Gasteiger partial charge < -0.3 is 15.2 Å². The third kappa shape index (κ3) is 6.81. The minimum atomic E-state index is -0.654. The van der Waals surface area contributed by atoms with Crippen molar-refractivity contribution in [3.63, 3.8) is 0 Å². The highest BCUT2D eigenvalue weighted by Crippen LogP contribution is 2.08. The van der Waals surface area contributed by atoms with E-state index in [4.69, 9.17) is 4.74 Å². The number of amides is 1. The monoisotopic (exact) mass is 328 g/mol. The second kappa shape index (κ2) is 9.70. The lowest BCUT2D eigenvalue weighted by molar-refractivity contribution is -0.121. The molecule has 1 amide bonds. The van der Waals surface area contributed by atoms with Crippen molar-refractivity contribution in [2.24, 2.45) is 0 Å². The SMILES string of the molecule is CC(NCC(O)COc1ccccc1)NC(=O)Cc1ccccc1. The molecule has 2 atom stereocenters. The Kier molecular flexibility index (Phi) is 7.26. The van der Waals surface area contributed by atoms with Crippen LogP contribution in [0.3, 0.4) is 0 Å². The fourth-order valence-corrected chi connectivity index (χ4v) is 2.21. The molecular weight excluding hydrogens is 304 g/mol. The van der Waals surface area contributed by atoms with Crippen LogP contribution in [0, 0.1) is 0 Å². The highest BCUT2D eigenvalue weighted by Gasteiger charge is 2.10. The zero-order valence-electron chi connectivity index (χ0n) is 13.8. The third-order valence-corrected chi connectivity index (χ3v) is 3.43. The number of para-hydroxylation sites is 1. The van der Waals surface area contributed by atoms with Crippen molar-refractivity contribution in [2.45, 2.75) is 25.6 Å². The highest BCUT2D eigenvalue weighted by atomic mass is 16.5. The van der Waals surface area contributed by atoms with Crippen molar-refractivity contribution in [1.82, 2.24) is 10.6 Å². The summed E-state index contributed by atoms with van der Waals surface area (Å²) in [6, 6.07) is 18.9. The van der Waals surface area contributed by atoms with Gasteiger partial charge in [-0.3, -0.25) is 10.1 Å².